The SMILES string of the molecule is CC1(C)Cc2cc([N+](=O)[O-])c(OC3CNCC3NC(=O)O)cc2O1. The largest absolute Gasteiger partial charge is 0.487 e. The molecule has 130 valence electrons. The molecule has 2 atom stereocenters. The zero-order chi connectivity index (χ0) is 17.5. The van der Waals surface area contributed by atoms with E-state index in [1.807, 2.05) is 13.8 Å². The Bertz CT molecular complexity index is 690. The van der Waals surface area contributed by atoms with Gasteiger partial charge in [0.2, 0.25) is 5.75 Å². The third kappa shape index (κ3) is 3.21. The summed E-state index contributed by atoms with van der Waals surface area (Å²) < 4.78 is 11.6. The molecular formula is C15H19N3O6. The quantitative estimate of drug-likeness (QED) is 0.559. The Kier molecular flexibility index (Phi) is 3.96. The summed E-state index contributed by atoms with van der Waals surface area (Å²) in [5, 5.41) is 25.6. The van der Waals surface area contributed by atoms with Crippen LogP contribution in [-0.4, -0.2) is 47.0 Å². The van der Waals surface area contributed by atoms with Crippen LogP contribution >= 0.6 is 0 Å². The van der Waals surface area contributed by atoms with E-state index in [-0.39, 0.29) is 11.4 Å². The van der Waals surface area contributed by atoms with E-state index in [4.69, 9.17) is 14.6 Å². The van der Waals surface area contributed by atoms with E-state index in [1.54, 1.807) is 0 Å². The number of hydrogen-bond acceptors (Lipinski definition) is 6. The molecule has 1 fully saturated rings. The van der Waals surface area contributed by atoms with Crippen LogP contribution in [0.15, 0.2) is 12.1 Å². The second-order valence-electron chi connectivity index (χ2n) is 6.59. The average molecular weight is 337 g/mol. The third-order valence-corrected chi connectivity index (χ3v) is 4.09. The number of carboxylic acid groups (broad SMARTS) is 1. The minimum absolute atomic E-state index is 0.0855. The monoisotopic (exact) mass is 337 g/mol. The first-order valence-corrected chi connectivity index (χ1v) is 7.62. The highest BCUT2D eigenvalue weighted by Crippen LogP contribution is 2.42. The molecule has 0 aliphatic carbocycles. The second-order valence-corrected chi connectivity index (χ2v) is 6.59. The predicted octanol–water partition coefficient (Wildman–Crippen LogP) is 1.30. The van der Waals surface area contributed by atoms with Gasteiger partial charge >= 0.3 is 11.8 Å². The maximum absolute atomic E-state index is 11.4. The van der Waals surface area contributed by atoms with Crippen molar-refractivity contribution >= 4 is 11.8 Å². The van der Waals surface area contributed by atoms with Crippen LogP contribution in [0.5, 0.6) is 11.5 Å². The van der Waals surface area contributed by atoms with Gasteiger partial charge in [0.15, 0.2) is 0 Å². The molecule has 9 heteroatoms. The van der Waals surface area contributed by atoms with Gasteiger partial charge in [0.1, 0.15) is 17.5 Å². The molecule has 1 amide bonds. The number of nitro benzene ring substituents is 1. The molecular weight excluding hydrogens is 318 g/mol. The molecule has 1 aromatic carbocycles. The number of nitrogens with zero attached hydrogens (tertiary/aromatic N) is 1. The lowest BCUT2D eigenvalue weighted by molar-refractivity contribution is -0.386. The first kappa shape index (κ1) is 16.3. The zero-order valence-corrected chi connectivity index (χ0v) is 13.4. The van der Waals surface area contributed by atoms with Crippen molar-refractivity contribution in [2.45, 2.75) is 38.0 Å². The van der Waals surface area contributed by atoms with Gasteiger partial charge in [0, 0.05) is 37.2 Å². The number of ether oxygens (including phenoxy) is 2. The standard InChI is InChI=1S/C15H19N3O6/c1-15(2)5-8-3-10(18(21)22)12(4-11(8)24-15)23-13-7-16-6-9(13)17-14(19)20/h3-4,9,13,16-17H,5-7H2,1-2H3,(H,19,20). The van der Waals surface area contributed by atoms with Crippen molar-refractivity contribution in [3.05, 3.63) is 27.8 Å². The lowest BCUT2D eigenvalue weighted by atomic mass is 10.0. The topological polar surface area (TPSA) is 123 Å². The van der Waals surface area contributed by atoms with E-state index in [2.05, 4.69) is 10.6 Å². The van der Waals surface area contributed by atoms with E-state index in [0.29, 0.717) is 25.3 Å². The number of nitrogens with one attached hydrogen (secondary N) is 2. The van der Waals surface area contributed by atoms with Gasteiger partial charge < -0.3 is 25.2 Å². The maximum atomic E-state index is 11.4. The van der Waals surface area contributed by atoms with Crippen molar-refractivity contribution in [1.82, 2.24) is 10.6 Å². The molecule has 1 aromatic rings. The molecule has 2 aliphatic rings. The Labute approximate surface area is 138 Å². The summed E-state index contributed by atoms with van der Waals surface area (Å²) >= 11 is 0. The number of benzene rings is 1. The molecule has 0 radical (unpaired) electrons. The van der Waals surface area contributed by atoms with Gasteiger partial charge in [-0.05, 0) is 13.8 Å². The summed E-state index contributed by atoms with van der Waals surface area (Å²) in [5.41, 5.74) is 0.205. The zero-order valence-electron chi connectivity index (χ0n) is 13.4. The molecule has 0 spiro atoms. The van der Waals surface area contributed by atoms with Crippen molar-refractivity contribution in [2.75, 3.05) is 13.1 Å². The number of hydrogen-bond donors (Lipinski definition) is 3. The molecule has 0 aromatic heterocycles. The maximum Gasteiger partial charge on any atom is 0.405 e. The van der Waals surface area contributed by atoms with Crippen LogP contribution in [0.3, 0.4) is 0 Å². The molecule has 0 bridgehead atoms. The van der Waals surface area contributed by atoms with E-state index < -0.39 is 28.8 Å². The van der Waals surface area contributed by atoms with Crippen LogP contribution in [0.2, 0.25) is 0 Å². The van der Waals surface area contributed by atoms with Gasteiger partial charge in [0.25, 0.3) is 0 Å². The number of nitro groups is 1. The summed E-state index contributed by atoms with van der Waals surface area (Å²) in [6.45, 7) is 4.62. The number of amides is 1. The van der Waals surface area contributed by atoms with Gasteiger partial charge in [-0.2, -0.15) is 0 Å². The van der Waals surface area contributed by atoms with Gasteiger partial charge in [-0.25, -0.2) is 4.79 Å². The van der Waals surface area contributed by atoms with E-state index in [0.717, 1.165) is 5.56 Å². The lowest BCUT2D eigenvalue weighted by Gasteiger charge is -2.20. The molecule has 3 rings (SSSR count). The Morgan fingerprint density at radius 3 is 2.92 bits per heavy atom. The molecule has 2 heterocycles. The Morgan fingerprint density at radius 2 is 2.25 bits per heavy atom. The van der Waals surface area contributed by atoms with Crippen molar-refractivity contribution in [1.29, 1.82) is 0 Å². The number of carbonyl (C=O) groups is 1. The highest BCUT2D eigenvalue weighted by atomic mass is 16.6. The number of rotatable bonds is 4. The van der Waals surface area contributed by atoms with Gasteiger partial charge in [-0.15, -0.1) is 0 Å². The predicted molar refractivity (Wildman–Crippen MR) is 83.7 cm³/mol. The molecule has 2 unspecified atom stereocenters. The number of fused-ring (bicyclic) bond motifs is 1. The van der Waals surface area contributed by atoms with Gasteiger partial charge in [0.05, 0.1) is 11.0 Å². The fraction of sp³-hybridized carbons (Fsp3) is 0.533. The minimum atomic E-state index is -1.16. The summed E-state index contributed by atoms with van der Waals surface area (Å²) in [6.07, 6.45) is -1.12. The first-order valence-electron chi connectivity index (χ1n) is 7.62. The van der Waals surface area contributed by atoms with E-state index in [1.165, 1.54) is 12.1 Å². The van der Waals surface area contributed by atoms with Crippen LogP contribution < -0.4 is 20.1 Å². The van der Waals surface area contributed by atoms with Crippen LogP contribution in [-0.2, 0) is 6.42 Å². The van der Waals surface area contributed by atoms with Crippen LogP contribution in [0.4, 0.5) is 10.5 Å². The minimum Gasteiger partial charge on any atom is -0.487 e. The molecule has 9 nitrogen and oxygen atoms in total. The van der Waals surface area contributed by atoms with E-state index >= 15 is 0 Å². The second kappa shape index (κ2) is 5.82. The average Bonchev–Trinajstić information content (AvgIpc) is 2.99. The van der Waals surface area contributed by atoms with Crippen LogP contribution in [0, 0.1) is 10.1 Å². The van der Waals surface area contributed by atoms with Crippen molar-refractivity contribution in [2.24, 2.45) is 0 Å². The van der Waals surface area contributed by atoms with Crippen LogP contribution in [0.25, 0.3) is 0 Å². The van der Waals surface area contributed by atoms with Crippen molar-refractivity contribution in [3.63, 3.8) is 0 Å². The van der Waals surface area contributed by atoms with Gasteiger partial charge in [-0.3, -0.25) is 10.1 Å². The highest BCUT2D eigenvalue weighted by molar-refractivity contribution is 5.65. The van der Waals surface area contributed by atoms with Crippen LogP contribution in [0.1, 0.15) is 19.4 Å². The van der Waals surface area contributed by atoms with E-state index in [9.17, 15) is 14.9 Å². The lowest BCUT2D eigenvalue weighted by Crippen LogP contribution is -2.44. The molecule has 2 aliphatic heterocycles. The Hall–Kier alpha value is -2.55. The molecule has 0 saturated carbocycles. The smallest absolute Gasteiger partial charge is 0.405 e. The fourth-order valence-electron chi connectivity index (χ4n) is 3.10. The first-order chi connectivity index (χ1) is 11.2. The Balaban J connectivity index is 1.88. The van der Waals surface area contributed by atoms with Crippen molar-refractivity contribution in [3.8, 4) is 11.5 Å². The fourth-order valence-corrected chi connectivity index (χ4v) is 3.10. The molecule has 3 N–H and O–H groups in total. The summed E-state index contributed by atoms with van der Waals surface area (Å²) in [4.78, 5) is 21.7. The third-order valence-electron chi connectivity index (χ3n) is 4.09. The highest BCUT2D eigenvalue weighted by Gasteiger charge is 2.36. The van der Waals surface area contributed by atoms with Crippen molar-refractivity contribution < 1.29 is 24.3 Å². The Morgan fingerprint density at radius 1 is 1.50 bits per heavy atom. The normalized spacial score (nSPS) is 24.1. The summed E-state index contributed by atoms with van der Waals surface area (Å²) in [7, 11) is 0. The summed E-state index contributed by atoms with van der Waals surface area (Å²) in [6, 6.07) is 2.52. The molecule has 1 saturated heterocycles. The molecule has 24 heavy (non-hydrogen) atoms. The summed E-state index contributed by atoms with van der Waals surface area (Å²) in [5.74, 6) is 0.650. The van der Waals surface area contributed by atoms with Gasteiger partial charge in [-0.1, -0.05) is 0 Å².